The standard InChI is InChI=1S/C9H16O2/c1-6-4-7-8(5-6)11-9(2,3)10-7/h6-8H,4-5H2,1-3H3/t6?,7-,8+. The molecule has 0 bridgehead atoms. The van der Waals surface area contributed by atoms with Gasteiger partial charge in [0.2, 0.25) is 0 Å². The molecule has 0 aromatic heterocycles. The highest BCUT2D eigenvalue weighted by atomic mass is 16.8. The zero-order valence-corrected chi connectivity index (χ0v) is 7.46. The second kappa shape index (κ2) is 2.20. The second-order valence-corrected chi connectivity index (χ2v) is 4.29. The number of hydrogen-bond donors (Lipinski definition) is 0. The minimum Gasteiger partial charge on any atom is -0.345 e. The number of ether oxygens (including phenoxy) is 2. The third kappa shape index (κ3) is 1.30. The molecule has 0 aromatic rings. The molecule has 2 heteroatoms. The summed E-state index contributed by atoms with van der Waals surface area (Å²) in [6.07, 6.45) is 3.10. The van der Waals surface area contributed by atoms with Crippen LogP contribution in [0.3, 0.4) is 0 Å². The summed E-state index contributed by atoms with van der Waals surface area (Å²) >= 11 is 0. The molecule has 2 nitrogen and oxygen atoms in total. The Bertz CT molecular complexity index is 149. The molecule has 2 aliphatic rings. The summed E-state index contributed by atoms with van der Waals surface area (Å²) in [4.78, 5) is 0. The molecule has 2 fully saturated rings. The molecule has 0 aromatic carbocycles. The predicted molar refractivity (Wildman–Crippen MR) is 42.2 cm³/mol. The molecule has 1 saturated carbocycles. The molecule has 1 heterocycles. The van der Waals surface area contributed by atoms with Crippen LogP contribution >= 0.6 is 0 Å². The molecule has 0 radical (unpaired) electrons. The van der Waals surface area contributed by atoms with Crippen LogP contribution in [0.25, 0.3) is 0 Å². The average molecular weight is 156 g/mol. The van der Waals surface area contributed by atoms with Gasteiger partial charge in [0.05, 0.1) is 12.2 Å². The van der Waals surface area contributed by atoms with E-state index in [4.69, 9.17) is 9.47 Å². The van der Waals surface area contributed by atoms with Crippen molar-refractivity contribution in [2.24, 2.45) is 5.92 Å². The van der Waals surface area contributed by atoms with Gasteiger partial charge in [-0.2, -0.15) is 0 Å². The van der Waals surface area contributed by atoms with Gasteiger partial charge in [0, 0.05) is 0 Å². The van der Waals surface area contributed by atoms with Crippen LogP contribution < -0.4 is 0 Å². The highest BCUT2D eigenvalue weighted by Gasteiger charge is 2.45. The summed E-state index contributed by atoms with van der Waals surface area (Å²) < 4.78 is 11.4. The summed E-state index contributed by atoms with van der Waals surface area (Å²) in [5.41, 5.74) is 0. The molecule has 1 aliphatic carbocycles. The van der Waals surface area contributed by atoms with Crippen LogP contribution in [-0.2, 0) is 9.47 Å². The van der Waals surface area contributed by atoms with Crippen molar-refractivity contribution < 1.29 is 9.47 Å². The van der Waals surface area contributed by atoms with E-state index in [9.17, 15) is 0 Å². The molecule has 2 rings (SSSR count). The Kier molecular flexibility index (Phi) is 1.52. The van der Waals surface area contributed by atoms with Gasteiger partial charge in [0.1, 0.15) is 0 Å². The number of hydrogen-bond acceptors (Lipinski definition) is 2. The summed E-state index contributed by atoms with van der Waals surface area (Å²) in [6, 6.07) is 0. The van der Waals surface area contributed by atoms with Gasteiger partial charge in [-0.3, -0.25) is 0 Å². The summed E-state index contributed by atoms with van der Waals surface area (Å²) in [6.45, 7) is 6.25. The van der Waals surface area contributed by atoms with E-state index in [2.05, 4.69) is 6.92 Å². The van der Waals surface area contributed by atoms with E-state index in [-0.39, 0.29) is 5.79 Å². The molecule has 0 amide bonds. The van der Waals surface area contributed by atoms with Crippen molar-refractivity contribution in [2.75, 3.05) is 0 Å². The zero-order valence-electron chi connectivity index (χ0n) is 7.46. The molecular weight excluding hydrogens is 140 g/mol. The first-order chi connectivity index (χ1) is 5.07. The van der Waals surface area contributed by atoms with Gasteiger partial charge < -0.3 is 9.47 Å². The first-order valence-electron chi connectivity index (χ1n) is 4.42. The SMILES string of the molecule is CC1C[C@@H]2OC(C)(C)O[C@@H]2C1. The van der Waals surface area contributed by atoms with E-state index in [1.165, 1.54) is 12.8 Å². The fourth-order valence-electron chi connectivity index (χ4n) is 2.20. The molecule has 3 atom stereocenters. The van der Waals surface area contributed by atoms with Crippen molar-refractivity contribution in [3.05, 3.63) is 0 Å². The number of fused-ring (bicyclic) bond motifs is 1. The molecule has 11 heavy (non-hydrogen) atoms. The quantitative estimate of drug-likeness (QED) is 0.533. The van der Waals surface area contributed by atoms with Crippen LogP contribution in [0.2, 0.25) is 0 Å². The topological polar surface area (TPSA) is 18.5 Å². The van der Waals surface area contributed by atoms with Crippen molar-refractivity contribution >= 4 is 0 Å². The molecular formula is C9H16O2. The smallest absolute Gasteiger partial charge is 0.163 e. The van der Waals surface area contributed by atoms with Crippen molar-refractivity contribution in [1.82, 2.24) is 0 Å². The highest BCUT2D eigenvalue weighted by Crippen LogP contribution is 2.40. The van der Waals surface area contributed by atoms with Crippen molar-refractivity contribution in [3.8, 4) is 0 Å². The fourth-order valence-corrected chi connectivity index (χ4v) is 2.20. The van der Waals surface area contributed by atoms with Gasteiger partial charge in [0.25, 0.3) is 0 Å². The molecule has 0 N–H and O–H groups in total. The van der Waals surface area contributed by atoms with E-state index in [0.29, 0.717) is 12.2 Å². The molecule has 0 spiro atoms. The van der Waals surface area contributed by atoms with Gasteiger partial charge in [-0.25, -0.2) is 0 Å². The first kappa shape index (κ1) is 7.56. The third-order valence-electron chi connectivity index (χ3n) is 2.55. The van der Waals surface area contributed by atoms with Crippen LogP contribution in [0.5, 0.6) is 0 Å². The summed E-state index contributed by atoms with van der Waals surface area (Å²) in [7, 11) is 0. The lowest BCUT2D eigenvalue weighted by molar-refractivity contribution is -0.153. The van der Waals surface area contributed by atoms with Crippen molar-refractivity contribution in [1.29, 1.82) is 0 Å². The van der Waals surface area contributed by atoms with Crippen LogP contribution in [-0.4, -0.2) is 18.0 Å². The van der Waals surface area contributed by atoms with Gasteiger partial charge in [-0.1, -0.05) is 6.92 Å². The molecule has 64 valence electrons. The minimum atomic E-state index is -0.324. The van der Waals surface area contributed by atoms with Crippen LogP contribution in [0.15, 0.2) is 0 Å². The Morgan fingerprint density at radius 1 is 1.09 bits per heavy atom. The fraction of sp³-hybridized carbons (Fsp3) is 1.00. The first-order valence-corrected chi connectivity index (χ1v) is 4.42. The second-order valence-electron chi connectivity index (χ2n) is 4.29. The van der Waals surface area contributed by atoms with E-state index in [0.717, 1.165) is 5.92 Å². The summed E-state index contributed by atoms with van der Waals surface area (Å²) in [5, 5.41) is 0. The van der Waals surface area contributed by atoms with Crippen molar-refractivity contribution in [2.45, 2.75) is 51.6 Å². The van der Waals surface area contributed by atoms with E-state index >= 15 is 0 Å². The molecule has 1 unspecified atom stereocenters. The molecule has 1 aliphatic heterocycles. The van der Waals surface area contributed by atoms with Crippen LogP contribution in [0.1, 0.15) is 33.6 Å². The lowest BCUT2D eigenvalue weighted by Gasteiger charge is -2.19. The summed E-state index contributed by atoms with van der Waals surface area (Å²) in [5.74, 6) is 0.455. The maximum atomic E-state index is 5.72. The lowest BCUT2D eigenvalue weighted by atomic mass is 10.1. The Balaban J connectivity index is 2.04. The van der Waals surface area contributed by atoms with Crippen molar-refractivity contribution in [3.63, 3.8) is 0 Å². The normalized spacial score (nSPS) is 47.7. The molecule has 1 saturated heterocycles. The van der Waals surface area contributed by atoms with E-state index in [1.807, 2.05) is 13.8 Å². The maximum Gasteiger partial charge on any atom is 0.163 e. The number of rotatable bonds is 0. The van der Waals surface area contributed by atoms with Gasteiger partial charge in [-0.15, -0.1) is 0 Å². The Morgan fingerprint density at radius 3 is 2.00 bits per heavy atom. The zero-order chi connectivity index (χ0) is 8.06. The largest absolute Gasteiger partial charge is 0.345 e. The lowest BCUT2D eigenvalue weighted by Crippen LogP contribution is -2.22. The Labute approximate surface area is 67.9 Å². The van der Waals surface area contributed by atoms with Crippen LogP contribution in [0.4, 0.5) is 0 Å². The monoisotopic (exact) mass is 156 g/mol. The van der Waals surface area contributed by atoms with Gasteiger partial charge >= 0.3 is 0 Å². The van der Waals surface area contributed by atoms with E-state index in [1.54, 1.807) is 0 Å². The Morgan fingerprint density at radius 2 is 1.55 bits per heavy atom. The third-order valence-corrected chi connectivity index (χ3v) is 2.55. The highest BCUT2D eigenvalue weighted by molar-refractivity contribution is 4.89. The van der Waals surface area contributed by atoms with Gasteiger partial charge in [0.15, 0.2) is 5.79 Å². The minimum absolute atomic E-state index is 0.324. The van der Waals surface area contributed by atoms with Crippen LogP contribution in [0, 0.1) is 5.92 Å². The van der Waals surface area contributed by atoms with E-state index < -0.39 is 0 Å². The maximum absolute atomic E-state index is 5.72. The van der Waals surface area contributed by atoms with Gasteiger partial charge in [-0.05, 0) is 32.6 Å². The predicted octanol–water partition coefficient (Wildman–Crippen LogP) is 1.94. The average Bonchev–Trinajstić information content (AvgIpc) is 2.17. The Hall–Kier alpha value is -0.0800.